The maximum absolute atomic E-state index is 12.2. The predicted molar refractivity (Wildman–Crippen MR) is 70.2 cm³/mol. The van der Waals surface area contributed by atoms with Crippen LogP contribution in [0.1, 0.15) is 54.4 Å². The lowest BCUT2D eigenvalue weighted by Crippen LogP contribution is -2.16. The molecule has 1 aromatic rings. The summed E-state index contributed by atoms with van der Waals surface area (Å²) >= 11 is 0. The van der Waals surface area contributed by atoms with E-state index in [2.05, 4.69) is 12.1 Å². The van der Waals surface area contributed by atoms with Gasteiger partial charge >= 0.3 is 0 Å². The Bertz CT molecular complexity index is 396. The number of hydrogen-bond acceptors (Lipinski definition) is 2. The predicted octanol–water partition coefficient (Wildman–Crippen LogP) is 3.12. The number of rotatable bonds is 5. The first kappa shape index (κ1) is 12.3. The van der Waals surface area contributed by atoms with Crippen LogP contribution in [0.15, 0.2) is 24.3 Å². The Kier molecular flexibility index (Phi) is 3.95. The van der Waals surface area contributed by atoms with E-state index in [9.17, 15) is 4.79 Å². The first-order valence-electron chi connectivity index (χ1n) is 6.56. The molecule has 0 amide bonds. The maximum Gasteiger partial charge on any atom is 0.165 e. The van der Waals surface area contributed by atoms with Gasteiger partial charge in [-0.3, -0.25) is 4.79 Å². The van der Waals surface area contributed by atoms with Gasteiger partial charge in [-0.05, 0) is 43.4 Å². The van der Waals surface area contributed by atoms with Gasteiger partial charge in [0.15, 0.2) is 5.78 Å². The maximum atomic E-state index is 12.2. The van der Waals surface area contributed by atoms with E-state index in [1.807, 2.05) is 19.1 Å². The third kappa shape index (κ3) is 2.75. The molecule has 92 valence electrons. The summed E-state index contributed by atoms with van der Waals surface area (Å²) < 4.78 is 0. The Morgan fingerprint density at radius 1 is 1.47 bits per heavy atom. The summed E-state index contributed by atoms with van der Waals surface area (Å²) in [4.78, 5) is 12.2. The Morgan fingerprint density at radius 3 is 2.82 bits per heavy atom. The molecule has 0 spiro atoms. The van der Waals surface area contributed by atoms with Gasteiger partial charge in [0, 0.05) is 11.5 Å². The van der Waals surface area contributed by atoms with Crippen molar-refractivity contribution in [1.82, 2.24) is 0 Å². The average Bonchev–Trinajstić information content (AvgIpc) is 2.26. The van der Waals surface area contributed by atoms with Gasteiger partial charge in [0.2, 0.25) is 0 Å². The van der Waals surface area contributed by atoms with Crippen molar-refractivity contribution in [2.75, 3.05) is 6.54 Å². The topological polar surface area (TPSA) is 43.1 Å². The summed E-state index contributed by atoms with van der Waals surface area (Å²) in [6.45, 7) is 2.54. The van der Waals surface area contributed by atoms with E-state index in [1.54, 1.807) is 0 Å². The van der Waals surface area contributed by atoms with Gasteiger partial charge in [0.25, 0.3) is 0 Å². The van der Waals surface area contributed by atoms with Crippen LogP contribution in [-0.4, -0.2) is 12.3 Å². The number of carbonyl (C=O) groups is 1. The third-order valence-electron chi connectivity index (χ3n) is 3.79. The molecule has 1 atom stereocenters. The van der Waals surface area contributed by atoms with Crippen molar-refractivity contribution < 1.29 is 4.79 Å². The zero-order valence-corrected chi connectivity index (χ0v) is 10.5. The number of benzene rings is 1. The molecule has 1 fully saturated rings. The normalized spacial score (nSPS) is 17.5. The summed E-state index contributed by atoms with van der Waals surface area (Å²) in [5.74, 6) is 0.959. The van der Waals surface area contributed by atoms with E-state index in [0.717, 1.165) is 12.0 Å². The fourth-order valence-electron chi connectivity index (χ4n) is 2.35. The highest BCUT2D eigenvalue weighted by atomic mass is 16.1. The average molecular weight is 231 g/mol. The van der Waals surface area contributed by atoms with Crippen LogP contribution >= 0.6 is 0 Å². The zero-order valence-electron chi connectivity index (χ0n) is 10.5. The molecule has 0 aromatic heterocycles. The minimum absolute atomic E-state index is 0.0386. The lowest BCUT2D eigenvalue weighted by atomic mass is 9.79. The molecule has 2 rings (SSSR count). The van der Waals surface area contributed by atoms with Crippen molar-refractivity contribution in [3.8, 4) is 0 Å². The van der Waals surface area contributed by atoms with E-state index in [0.29, 0.717) is 12.5 Å². The van der Waals surface area contributed by atoms with Gasteiger partial charge in [-0.15, -0.1) is 0 Å². The highest BCUT2D eigenvalue weighted by Crippen LogP contribution is 2.36. The summed E-state index contributed by atoms with van der Waals surface area (Å²) in [5, 5.41) is 0. The molecule has 17 heavy (non-hydrogen) atoms. The van der Waals surface area contributed by atoms with Crippen LogP contribution in [0.3, 0.4) is 0 Å². The van der Waals surface area contributed by atoms with E-state index in [4.69, 9.17) is 5.73 Å². The van der Waals surface area contributed by atoms with Crippen LogP contribution in [0.25, 0.3) is 0 Å². The Hall–Kier alpha value is -1.15. The quantitative estimate of drug-likeness (QED) is 0.791. The Balaban J connectivity index is 2.12. The van der Waals surface area contributed by atoms with Crippen LogP contribution in [-0.2, 0) is 0 Å². The molecule has 0 radical (unpaired) electrons. The summed E-state index contributed by atoms with van der Waals surface area (Å²) in [6.07, 6.45) is 4.64. The molecule has 1 aromatic carbocycles. The third-order valence-corrected chi connectivity index (χ3v) is 3.79. The highest BCUT2D eigenvalue weighted by Gasteiger charge is 2.21. The van der Waals surface area contributed by atoms with Crippen molar-refractivity contribution in [3.63, 3.8) is 0 Å². The monoisotopic (exact) mass is 231 g/mol. The summed E-state index contributed by atoms with van der Waals surface area (Å²) in [5.41, 5.74) is 7.69. The smallest absolute Gasteiger partial charge is 0.165 e. The molecular formula is C15H21NO. The largest absolute Gasteiger partial charge is 0.330 e. The number of Topliss-reactive ketones (excluding diaryl/α,β-unsaturated/α-hetero) is 1. The molecule has 1 saturated carbocycles. The van der Waals surface area contributed by atoms with E-state index in [-0.39, 0.29) is 11.7 Å². The van der Waals surface area contributed by atoms with Crippen molar-refractivity contribution in [3.05, 3.63) is 35.4 Å². The van der Waals surface area contributed by atoms with Crippen LogP contribution in [0.2, 0.25) is 0 Å². The van der Waals surface area contributed by atoms with Gasteiger partial charge in [0.05, 0.1) is 0 Å². The summed E-state index contributed by atoms with van der Waals surface area (Å²) in [6, 6.07) is 8.17. The molecule has 0 heterocycles. The second-order valence-corrected chi connectivity index (χ2v) is 5.10. The molecule has 0 bridgehead atoms. The number of hydrogen-bond donors (Lipinski definition) is 1. The van der Waals surface area contributed by atoms with Crippen molar-refractivity contribution in [2.45, 2.75) is 38.5 Å². The number of nitrogens with two attached hydrogens (primary N) is 1. The molecular weight excluding hydrogens is 210 g/mol. The molecule has 1 aliphatic carbocycles. The molecule has 0 aliphatic heterocycles. The van der Waals surface area contributed by atoms with E-state index in [1.165, 1.54) is 24.8 Å². The molecule has 1 unspecified atom stereocenters. The standard InChI is InChI=1S/C15H21NO/c1-11(8-9-16)15(17)14-7-3-6-13(10-14)12-4-2-5-12/h3,6-7,10-12H,2,4-5,8-9,16H2,1H3. The second kappa shape index (κ2) is 5.46. The second-order valence-electron chi connectivity index (χ2n) is 5.10. The van der Waals surface area contributed by atoms with Gasteiger partial charge in [-0.2, -0.15) is 0 Å². The van der Waals surface area contributed by atoms with E-state index >= 15 is 0 Å². The van der Waals surface area contributed by atoms with Crippen molar-refractivity contribution in [1.29, 1.82) is 0 Å². The first-order valence-corrected chi connectivity index (χ1v) is 6.56. The molecule has 2 nitrogen and oxygen atoms in total. The molecule has 2 heteroatoms. The van der Waals surface area contributed by atoms with Gasteiger partial charge < -0.3 is 5.73 Å². The lowest BCUT2D eigenvalue weighted by Gasteiger charge is -2.26. The van der Waals surface area contributed by atoms with Gasteiger partial charge in [-0.1, -0.05) is 31.5 Å². The fourth-order valence-corrected chi connectivity index (χ4v) is 2.35. The van der Waals surface area contributed by atoms with Crippen LogP contribution in [0.5, 0.6) is 0 Å². The first-order chi connectivity index (χ1) is 8.22. The van der Waals surface area contributed by atoms with Crippen LogP contribution in [0.4, 0.5) is 0 Å². The minimum Gasteiger partial charge on any atom is -0.330 e. The highest BCUT2D eigenvalue weighted by molar-refractivity contribution is 5.97. The molecule has 2 N–H and O–H groups in total. The van der Waals surface area contributed by atoms with Gasteiger partial charge in [0.1, 0.15) is 0 Å². The lowest BCUT2D eigenvalue weighted by molar-refractivity contribution is 0.0925. The number of ketones is 1. The SMILES string of the molecule is CC(CCN)C(=O)c1cccc(C2CCC2)c1. The minimum atomic E-state index is 0.0386. The Labute approximate surface area is 103 Å². The zero-order chi connectivity index (χ0) is 12.3. The van der Waals surface area contributed by atoms with Gasteiger partial charge in [-0.25, -0.2) is 0 Å². The van der Waals surface area contributed by atoms with E-state index < -0.39 is 0 Å². The summed E-state index contributed by atoms with van der Waals surface area (Å²) in [7, 11) is 0. The Morgan fingerprint density at radius 2 is 2.24 bits per heavy atom. The fraction of sp³-hybridized carbons (Fsp3) is 0.533. The van der Waals surface area contributed by atoms with Crippen LogP contribution in [0, 0.1) is 5.92 Å². The van der Waals surface area contributed by atoms with Crippen molar-refractivity contribution >= 4 is 5.78 Å². The number of carbonyl (C=O) groups excluding carboxylic acids is 1. The molecule has 1 aliphatic rings. The molecule has 0 saturated heterocycles. The van der Waals surface area contributed by atoms with Crippen molar-refractivity contribution in [2.24, 2.45) is 11.7 Å². The van der Waals surface area contributed by atoms with Crippen LogP contribution < -0.4 is 5.73 Å².